The molecule has 2 aromatic rings. The minimum absolute atomic E-state index is 0.0554. The molecule has 8 heteroatoms. The Morgan fingerprint density at radius 3 is 2.60 bits per heavy atom. The number of carbonyl (C=O) groups is 1. The largest absolute Gasteiger partial charge is 0.481 e. The number of hydrogen-bond acceptors (Lipinski definition) is 4. The first-order chi connectivity index (χ1) is 14.1. The van der Waals surface area contributed by atoms with Crippen molar-refractivity contribution in [3.63, 3.8) is 0 Å². The molecule has 1 aliphatic heterocycles. The molecule has 1 fully saturated rings. The molecule has 0 aromatic heterocycles. The lowest BCUT2D eigenvalue weighted by Gasteiger charge is -2.31. The van der Waals surface area contributed by atoms with Gasteiger partial charge in [-0.05, 0) is 62.1 Å². The molecule has 3 rings (SSSR count). The van der Waals surface area contributed by atoms with Crippen LogP contribution in [0.2, 0.25) is 10.0 Å². The van der Waals surface area contributed by atoms with Crippen LogP contribution in [0, 0.1) is 13.8 Å². The molecule has 1 aliphatic rings. The van der Waals surface area contributed by atoms with Crippen molar-refractivity contribution in [2.75, 3.05) is 11.5 Å². The molecule has 1 amide bonds. The zero-order valence-corrected chi connectivity index (χ0v) is 19.5. The highest BCUT2D eigenvalue weighted by Gasteiger charge is 2.37. The van der Waals surface area contributed by atoms with Crippen LogP contribution in [0.3, 0.4) is 0 Å². The van der Waals surface area contributed by atoms with E-state index in [2.05, 4.69) is 0 Å². The van der Waals surface area contributed by atoms with Crippen molar-refractivity contribution < 1.29 is 17.9 Å². The smallest absolute Gasteiger partial charge is 0.263 e. The van der Waals surface area contributed by atoms with Gasteiger partial charge in [-0.25, -0.2) is 8.42 Å². The molecule has 0 radical (unpaired) electrons. The average Bonchev–Trinajstić information content (AvgIpc) is 3.03. The predicted octanol–water partition coefficient (Wildman–Crippen LogP) is 4.59. The van der Waals surface area contributed by atoms with Gasteiger partial charge in [-0.15, -0.1) is 0 Å². The van der Waals surface area contributed by atoms with Gasteiger partial charge in [0.1, 0.15) is 5.75 Å². The Balaban J connectivity index is 1.86. The maximum atomic E-state index is 13.4. The average molecular weight is 470 g/mol. The zero-order chi connectivity index (χ0) is 22.1. The van der Waals surface area contributed by atoms with Crippen LogP contribution in [0.5, 0.6) is 5.75 Å². The summed E-state index contributed by atoms with van der Waals surface area (Å²) in [5.74, 6) is 0.380. The van der Waals surface area contributed by atoms with E-state index in [0.29, 0.717) is 27.8 Å². The van der Waals surface area contributed by atoms with E-state index >= 15 is 0 Å². The van der Waals surface area contributed by atoms with Crippen LogP contribution in [-0.2, 0) is 21.2 Å². The SMILES string of the molecule is Cc1cccc(OC(C)C(=O)N(Cc2ccc(Cl)cc2Cl)C2CCS(=O)(=O)C2)c1C. The Labute approximate surface area is 187 Å². The summed E-state index contributed by atoms with van der Waals surface area (Å²) >= 11 is 12.3. The fourth-order valence-electron chi connectivity index (χ4n) is 3.57. The Hall–Kier alpha value is -1.76. The van der Waals surface area contributed by atoms with Gasteiger partial charge in [0.15, 0.2) is 15.9 Å². The lowest BCUT2D eigenvalue weighted by Crippen LogP contribution is -2.46. The monoisotopic (exact) mass is 469 g/mol. The lowest BCUT2D eigenvalue weighted by atomic mass is 10.1. The summed E-state index contributed by atoms with van der Waals surface area (Å²) in [5, 5.41) is 0.931. The van der Waals surface area contributed by atoms with E-state index in [1.54, 1.807) is 30.0 Å². The first kappa shape index (κ1) is 22.9. The maximum absolute atomic E-state index is 13.4. The van der Waals surface area contributed by atoms with E-state index in [9.17, 15) is 13.2 Å². The van der Waals surface area contributed by atoms with Crippen molar-refractivity contribution in [2.24, 2.45) is 0 Å². The minimum atomic E-state index is -3.17. The number of aryl methyl sites for hydroxylation is 1. The van der Waals surface area contributed by atoms with E-state index in [1.807, 2.05) is 32.0 Å². The Morgan fingerprint density at radius 2 is 1.97 bits per heavy atom. The van der Waals surface area contributed by atoms with E-state index < -0.39 is 22.0 Å². The van der Waals surface area contributed by atoms with Gasteiger partial charge in [0.25, 0.3) is 5.91 Å². The highest BCUT2D eigenvalue weighted by molar-refractivity contribution is 7.91. The van der Waals surface area contributed by atoms with Crippen LogP contribution < -0.4 is 4.74 Å². The summed E-state index contributed by atoms with van der Waals surface area (Å²) in [6, 6.07) is 10.3. The molecule has 2 atom stereocenters. The molecule has 30 heavy (non-hydrogen) atoms. The molecule has 1 saturated heterocycles. The van der Waals surface area contributed by atoms with Crippen LogP contribution in [0.4, 0.5) is 0 Å². The number of sulfone groups is 1. The van der Waals surface area contributed by atoms with E-state index in [1.165, 1.54) is 0 Å². The maximum Gasteiger partial charge on any atom is 0.263 e. The zero-order valence-electron chi connectivity index (χ0n) is 17.2. The molecule has 1 heterocycles. The van der Waals surface area contributed by atoms with Crippen LogP contribution in [-0.4, -0.2) is 42.9 Å². The summed E-state index contributed by atoms with van der Waals surface area (Å²) in [6.45, 7) is 5.79. The second-order valence-corrected chi connectivity index (χ2v) is 10.8. The molecule has 2 unspecified atom stereocenters. The first-order valence-electron chi connectivity index (χ1n) is 9.75. The van der Waals surface area contributed by atoms with Crippen molar-refractivity contribution in [1.29, 1.82) is 0 Å². The fourth-order valence-corrected chi connectivity index (χ4v) is 5.77. The summed E-state index contributed by atoms with van der Waals surface area (Å²) in [6.07, 6.45) is -0.380. The molecular formula is C22H25Cl2NO4S. The molecule has 0 saturated carbocycles. The second kappa shape index (κ2) is 9.16. The highest BCUT2D eigenvalue weighted by atomic mass is 35.5. The summed E-state index contributed by atoms with van der Waals surface area (Å²) in [4.78, 5) is 14.9. The Morgan fingerprint density at radius 1 is 1.23 bits per heavy atom. The van der Waals surface area contributed by atoms with Crippen molar-refractivity contribution in [3.05, 3.63) is 63.1 Å². The van der Waals surface area contributed by atoms with E-state index in [-0.39, 0.29) is 24.0 Å². The predicted molar refractivity (Wildman–Crippen MR) is 120 cm³/mol. The van der Waals surface area contributed by atoms with E-state index in [4.69, 9.17) is 27.9 Å². The van der Waals surface area contributed by atoms with Crippen LogP contribution >= 0.6 is 23.2 Å². The van der Waals surface area contributed by atoms with Crippen molar-refractivity contribution in [2.45, 2.75) is 45.9 Å². The van der Waals surface area contributed by atoms with Crippen LogP contribution in [0.1, 0.15) is 30.0 Å². The van der Waals surface area contributed by atoms with Gasteiger partial charge in [-0.2, -0.15) is 0 Å². The van der Waals surface area contributed by atoms with Crippen LogP contribution in [0.25, 0.3) is 0 Å². The number of nitrogens with zero attached hydrogens (tertiary/aromatic N) is 1. The van der Waals surface area contributed by atoms with Crippen LogP contribution in [0.15, 0.2) is 36.4 Å². The van der Waals surface area contributed by atoms with Crippen molar-refractivity contribution in [3.8, 4) is 5.75 Å². The fraction of sp³-hybridized carbons (Fsp3) is 0.409. The molecule has 0 aliphatic carbocycles. The number of hydrogen-bond donors (Lipinski definition) is 0. The third kappa shape index (κ3) is 5.29. The van der Waals surface area contributed by atoms with Gasteiger partial charge < -0.3 is 9.64 Å². The van der Waals surface area contributed by atoms with Gasteiger partial charge in [0.2, 0.25) is 0 Å². The normalized spacial score (nSPS) is 18.8. The third-order valence-electron chi connectivity index (χ3n) is 5.49. The second-order valence-electron chi connectivity index (χ2n) is 7.72. The van der Waals surface area contributed by atoms with Gasteiger partial charge >= 0.3 is 0 Å². The molecule has 162 valence electrons. The molecule has 0 spiro atoms. The number of ether oxygens (including phenoxy) is 1. The van der Waals surface area contributed by atoms with E-state index in [0.717, 1.165) is 11.1 Å². The molecule has 0 bridgehead atoms. The quantitative estimate of drug-likeness (QED) is 0.620. The number of rotatable bonds is 6. The van der Waals surface area contributed by atoms with Gasteiger partial charge in [0.05, 0.1) is 11.5 Å². The summed E-state index contributed by atoms with van der Waals surface area (Å²) in [5.41, 5.74) is 2.74. The van der Waals surface area contributed by atoms with Crippen molar-refractivity contribution >= 4 is 38.9 Å². The lowest BCUT2D eigenvalue weighted by molar-refractivity contribution is -0.140. The topological polar surface area (TPSA) is 63.7 Å². The van der Waals surface area contributed by atoms with Gasteiger partial charge in [0, 0.05) is 22.6 Å². The summed E-state index contributed by atoms with van der Waals surface area (Å²) < 4.78 is 30.1. The first-order valence-corrected chi connectivity index (χ1v) is 12.3. The summed E-state index contributed by atoms with van der Waals surface area (Å²) in [7, 11) is -3.17. The van der Waals surface area contributed by atoms with Crippen molar-refractivity contribution in [1.82, 2.24) is 4.90 Å². The van der Waals surface area contributed by atoms with Gasteiger partial charge in [-0.3, -0.25) is 4.79 Å². The number of halogens is 2. The minimum Gasteiger partial charge on any atom is -0.481 e. The molecule has 5 nitrogen and oxygen atoms in total. The molecular weight excluding hydrogens is 445 g/mol. The molecule has 0 N–H and O–H groups in total. The van der Waals surface area contributed by atoms with Gasteiger partial charge in [-0.1, -0.05) is 41.4 Å². The number of amides is 1. The standard InChI is InChI=1S/C22H25Cl2NO4S/c1-14-5-4-6-21(15(14)2)29-16(3)22(26)25(19-9-10-30(27,28)13-19)12-17-7-8-18(23)11-20(17)24/h4-8,11,16,19H,9-10,12-13H2,1-3H3. The number of benzene rings is 2. The highest BCUT2D eigenvalue weighted by Crippen LogP contribution is 2.27. The third-order valence-corrected chi connectivity index (χ3v) is 7.83. The number of carbonyl (C=O) groups excluding carboxylic acids is 1. The Kier molecular flexibility index (Phi) is 7.00. The Bertz CT molecular complexity index is 1060. The molecule has 2 aromatic carbocycles.